The Morgan fingerprint density at radius 3 is 2.75 bits per heavy atom. The van der Waals surface area contributed by atoms with Gasteiger partial charge in [0.2, 0.25) is 0 Å². The fraction of sp³-hybridized carbons (Fsp3) is 0.0556. The maximum Gasteiger partial charge on any atom is 0.286 e. The lowest BCUT2D eigenvalue weighted by atomic mass is 10.2. The highest BCUT2D eigenvalue weighted by Crippen LogP contribution is 2.34. The standard InChI is InChI=1S/C18H13N3O5S2/c1-26-15-5-3-2-4-11(15)9-16-17(23)20(18(27)28-16)19-10-12-8-13(21(24)25)6-7-14(12)22/h2-10,22H,1H3. The molecule has 142 valence electrons. The molecule has 0 aromatic heterocycles. The lowest BCUT2D eigenvalue weighted by Gasteiger charge is -2.07. The van der Waals surface area contributed by atoms with Gasteiger partial charge in [-0.25, -0.2) is 0 Å². The average molecular weight is 415 g/mol. The maximum atomic E-state index is 12.6. The minimum absolute atomic E-state index is 0.0944. The third kappa shape index (κ3) is 4.02. The Morgan fingerprint density at radius 2 is 2.04 bits per heavy atom. The number of benzene rings is 2. The van der Waals surface area contributed by atoms with Crippen molar-refractivity contribution in [3.63, 3.8) is 0 Å². The molecule has 28 heavy (non-hydrogen) atoms. The first-order valence-electron chi connectivity index (χ1n) is 7.83. The zero-order valence-corrected chi connectivity index (χ0v) is 16.1. The molecule has 0 saturated carbocycles. The summed E-state index contributed by atoms with van der Waals surface area (Å²) in [6.07, 6.45) is 2.80. The monoisotopic (exact) mass is 415 g/mol. The van der Waals surface area contributed by atoms with E-state index in [4.69, 9.17) is 17.0 Å². The molecule has 2 aromatic rings. The van der Waals surface area contributed by atoms with Gasteiger partial charge in [0.05, 0.1) is 23.2 Å². The van der Waals surface area contributed by atoms with Crippen molar-refractivity contribution in [2.75, 3.05) is 7.11 Å². The highest BCUT2D eigenvalue weighted by Gasteiger charge is 2.32. The second-order valence-corrected chi connectivity index (χ2v) is 7.16. The van der Waals surface area contributed by atoms with Crippen molar-refractivity contribution < 1.29 is 19.6 Å². The number of nitro benzene ring substituents is 1. The van der Waals surface area contributed by atoms with E-state index in [-0.39, 0.29) is 21.3 Å². The number of thioether (sulfide) groups is 1. The van der Waals surface area contributed by atoms with Crippen LogP contribution in [0.3, 0.4) is 0 Å². The molecule has 0 radical (unpaired) electrons. The van der Waals surface area contributed by atoms with Gasteiger partial charge in [-0.3, -0.25) is 14.9 Å². The normalized spacial score (nSPS) is 15.6. The van der Waals surface area contributed by atoms with E-state index in [2.05, 4.69) is 5.10 Å². The molecule has 0 atom stereocenters. The SMILES string of the molecule is COc1ccccc1C=C1SC(=S)N(N=Cc2cc([N+](=O)[O-])ccc2O)C1=O. The van der Waals surface area contributed by atoms with E-state index in [9.17, 15) is 20.0 Å². The summed E-state index contributed by atoms with van der Waals surface area (Å²) in [5, 5.41) is 25.7. The predicted molar refractivity (Wildman–Crippen MR) is 110 cm³/mol. The first-order chi connectivity index (χ1) is 13.4. The van der Waals surface area contributed by atoms with Crippen LogP contribution >= 0.6 is 24.0 Å². The van der Waals surface area contributed by atoms with Gasteiger partial charge in [-0.1, -0.05) is 30.0 Å². The molecular weight excluding hydrogens is 402 g/mol. The summed E-state index contributed by atoms with van der Waals surface area (Å²) in [5.74, 6) is -0.0378. The number of amides is 1. The molecule has 10 heteroatoms. The smallest absolute Gasteiger partial charge is 0.286 e. The number of hydrazone groups is 1. The van der Waals surface area contributed by atoms with Gasteiger partial charge in [0, 0.05) is 23.3 Å². The summed E-state index contributed by atoms with van der Waals surface area (Å²) in [7, 11) is 1.54. The minimum Gasteiger partial charge on any atom is -0.507 e. The van der Waals surface area contributed by atoms with Crippen molar-refractivity contribution in [1.82, 2.24) is 5.01 Å². The second kappa shape index (κ2) is 8.19. The number of ether oxygens (including phenoxy) is 1. The minimum atomic E-state index is -0.591. The van der Waals surface area contributed by atoms with Crippen LogP contribution in [0.15, 0.2) is 52.5 Å². The Labute approximate surface area is 169 Å². The van der Waals surface area contributed by atoms with Gasteiger partial charge in [0.15, 0.2) is 4.32 Å². The van der Waals surface area contributed by atoms with Gasteiger partial charge in [0.25, 0.3) is 11.6 Å². The van der Waals surface area contributed by atoms with Crippen molar-refractivity contribution in [2.24, 2.45) is 5.10 Å². The molecule has 3 rings (SSSR count). The summed E-state index contributed by atoms with van der Waals surface area (Å²) < 4.78 is 5.47. The number of rotatable bonds is 5. The van der Waals surface area contributed by atoms with Gasteiger partial charge in [-0.05, 0) is 30.4 Å². The van der Waals surface area contributed by atoms with Crippen molar-refractivity contribution >= 4 is 52.2 Å². The zero-order valence-electron chi connectivity index (χ0n) is 14.4. The van der Waals surface area contributed by atoms with Gasteiger partial charge in [-0.15, -0.1) is 0 Å². The molecule has 1 aliphatic heterocycles. The van der Waals surface area contributed by atoms with Crippen molar-refractivity contribution in [2.45, 2.75) is 0 Å². The second-order valence-electron chi connectivity index (χ2n) is 5.48. The Morgan fingerprint density at radius 1 is 1.29 bits per heavy atom. The first kappa shape index (κ1) is 19.5. The molecule has 1 aliphatic rings. The van der Waals surface area contributed by atoms with Crippen LogP contribution in [0.4, 0.5) is 5.69 Å². The van der Waals surface area contributed by atoms with Crippen LogP contribution in [0.1, 0.15) is 11.1 Å². The van der Waals surface area contributed by atoms with Crippen LogP contribution in [0.2, 0.25) is 0 Å². The zero-order chi connectivity index (χ0) is 20.3. The van der Waals surface area contributed by atoms with Gasteiger partial charge in [0.1, 0.15) is 11.5 Å². The number of hydrogen-bond acceptors (Lipinski definition) is 8. The molecular formula is C18H13N3O5S2. The number of non-ortho nitro benzene ring substituents is 1. The number of phenols is 1. The molecule has 1 heterocycles. The van der Waals surface area contributed by atoms with Crippen LogP contribution in [0, 0.1) is 10.1 Å². The average Bonchev–Trinajstić information content (AvgIpc) is 2.94. The molecule has 1 saturated heterocycles. The van der Waals surface area contributed by atoms with Crippen molar-refractivity contribution in [3.8, 4) is 11.5 Å². The van der Waals surface area contributed by atoms with Gasteiger partial charge in [-0.2, -0.15) is 10.1 Å². The topological polar surface area (TPSA) is 105 Å². The Hall–Kier alpha value is -3.24. The van der Waals surface area contributed by atoms with Crippen LogP contribution in [0.5, 0.6) is 11.5 Å². The lowest BCUT2D eigenvalue weighted by Crippen LogP contribution is -2.22. The summed E-state index contributed by atoms with van der Waals surface area (Å²) in [4.78, 5) is 23.3. The van der Waals surface area contributed by atoms with E-state index >= 15 is 0 Å². The van der Waals surface area contributed by atoms with Gasteiger partial charge < -0.3 is 9.84 Å². The molecule has 0 aliphatic carbocycles. The summed E-state index contributed by atoms with van der Waals surface area (Å²) in [6.45, 7) is 0. The number of para-hydroxylation sites is 1. The summed E-state index contributed by atoms with van der Waals surface area (Å²) >= 11 is 6.27. The quantitative estimate of drug-likeness (QED) is 0.262. The maximum absolute atomic E-state index is 12.6. The van der Waals surface area contributed by atoms with E-state index in [0.29, 0.717) is 16.2 Å². The van der Waals surface area contributed by atoms with E-state index in [0.717, 1.165) is 29.1 Å². The summed E-state index contributed by atoms with van der Waals surface area (Å²) in [5.41, 5.74) is 0.600. The number of hydrogen-bond donors (Lipinski definition) is 1. The molecule has 0 unspecified atom stereocenters. The molecule has 0 bridgehead atoms. The number of methoxy groups -OCH3 is 1. The molecule has 2 aromatic carbocycles. The number of nitrogens with zero attached hydrogens (tertiary/aromatic N) is 3. The Bertz CT molecular complexity index is 1040. The Kier molecular flexibility index (Phi) is 5.71. The largest absolute Gasteiger partial charge is 0.507 e. The predicted octanol–water partition coefficient (Wildman–Crippen LogP) is 3.54. The number of nitro groups is 1. The third-order valence-corrected chi connectivity index (χ3v) is 5.02. The number of aromatic hydroxyl groups is 1. The highest BCUT2D eigenvalue weighted by atomic mass is 32.2. The van der Waals surface area contributed by atoms with Crippen LogP contribution in [-0.2, 0) is 4.79 Å². The van der Waals surface area contributed by atoms with E-state index < -0.39 is 10.8 Å². The third-order valence-electron chi connectivity index (χ3n) is 3.73. The van der Waals surface area contributed by atoms with Crippen LogP contribution in [-0.4, -0.2) is 38.6 Å². The summed E-state index contributed by atoms with van der Waals surface area (Å²) in [6, 6.07) is 10.7. The van der Waals surface area contributed by atoms with Crippen molar-refractivity contribution in [3.05, 3.63) is 68.6 Å². The van der Waals surface area contributed by atoms with Crippen LogP contribution < -0.4 is 4.74 Å². The van der Waals surface area contributed by atoms with Crippen LogP contribution in [0.25, 0.3) is 6.08 Å². The molecule has 1 fully saturated rings. The number of phenolic OH excluding ortho intramolecular Hbond substituents is 1. The first-order valence-corrected chi connectivity index (χ1v) is 9.05. The lowest BCUT2D eigenvalue weighted by molar-refractivity contribution is -0.384. The molecule has 1 amide bonds. The van der Waals surface area contributed by atoms with Crippen molar-refractivity contribution in [1.29, 1.82) is 0 Å². The highest BCUT2D eigenvalue weighted by molar-refractivity contribution is 8.26. The molecule has 1 N–H and O–H groups in total. The number of carbonyl (C=O) groups is 1. The fourth-order valence-corrected chi connectivity index (χ4v) is 3.53. The van der Waals surface area contributed by atoms with E-state index in [1.165, 1.54) is 19.2 Å². The number of thiocarbonyl (C=S) groups is 1. The van der Waals surface area contributed by atoms with Gasteiger partial charge >= 0.3 is 0 Å². The fourth-order valence-electron chi connectivity index (χ4n) is 2.36. The number of carbonyl (C=O) groups excluding carboxylic acids is 1. The molecule has 0 spiro atoms. The van der Waals surface area contributed by atoms with E-state index in [1.807, 2.05) is 12.1 Å². The Balaban J connectivity index is 1.87. The molecule has 8 nitrogen and oxygen atoms in total. The van der Waals surface area contributed by atoms with E-state index in [1.54, 1.807) is 18.2 Å².